The highest BCUT2D eigenvalue weighted by Crippen LogP contribution is 2.37. The van der Waals surface area contributed by atoms with E-state index in [0.717, 1.165) is 45.1 Å². The van der Waals surface area contributed by atoms with Gasteiger partial charge in [0.2, 0.25) is 0 Å². The molecule has 0 bridgehead atoms. The molecule has 4 aromatic rings. The molecule has 1 saturated heterocycles. The van der Waals surface area contributed by atoms with Gasteiger partial charge in [-0.05, 0) is 74.6 Å². The summed E-state index contributed by atoms with van der Waals surface area (Å²) in [6, 6.07) is 11.8. The van der Waals surface area contributed by atoms with E-state index in [2.05, 4.69) is 35.9 Å². The van der Waals surface area contributed by atoms with Crippen LogP contribution in [0.15, 0.2) is 36.4 Å². The fourth-order valence-corrected chi connectivity index (χ4v) is 5.37. The number of hydrogen-bond acceptors (Lipinski definition) is 4. The number of amides is 1. The third-order valence-corrected chi connectivity index (χ3v) is 7.22. The number of imidazole rings is 1. The Morgan fingerprint density at radius 3 is 2.77 bits per heavy atom. The van der Waals surface area contributed by atoms with Crippen molar-refractivity contribution < 1.29 is 4.79 Å². The van der Waals surface area contributed by atoms with Gasteiger partial charge in [-0.15, -0.1) is 11.3 Å². The molecule has 2 aromatic carbocycles. The Hall–Kier alpha value is -2.70. The van der Waals surface area contributed by atoms with Crippen LogP contribution in [0.2, 0.25) is 5.02 Å². The summed E-state index contributed by atoms with van der Waals surface area (Å²) in [5, 5.41) is 1.51. The quantitative estimate of drug-likeness (QED) is 0.401. The van der Waals surface area contributed by atoms with Crippen LogP contribution in [-0.4, -0.2) is 32.3 Å². The lowest BCUT2D eigenvalue weighted by molar-refractivity contribution is 0.0726. The van der Waals surface area contributed by atoms with E-state index in [1.807, 2.05) is 36.1 Å². The molecule has 0 radical (unpaired) electrons. The maximum atomic E-state index is 13.6. The minimum absolute atomic E-state index is 0.0466. The van der Waals surface area contributed by atoms with Crippen molar-refractivity contribution in [3.05, 3.63) is 69.1 Å². The van der Waals surface area contributed by atoms with Crippen molar-refractivity contribution in [1.29, 1.82) is 0 Å². The van der Waals surface area contributed by atoms with Crippen LogP contribution >= 0.6 is 22.9 Å². The normalized spacial score (nSPS) is 16.4. The van der Waals surface area contributed by atoms with Crippen molar-refractivity contribution in [2.24, 2.45) is 0 Å². The summed E-state index contributed by atoms with van der Waals surface area (Å²) in [5.41, 5.74) is 5.83. The fourth-order valence-electron chi connectivity index (χ4n) is 4.27. The first-order valence-electron chi connectivity index (χ1n) is 10.4. The number of rotatable bonds is 3. The number of halogens is 1. The molecule has 1 amide bonds. The summed E-state index contributed by atoms with van der Waals surface area (Å²) in [6.45, 7) is 6.82. The molecule has 0 saturated carbocycles. The maximum Gasteiger partial charge on any atom is 0.274 e. The van der Waals surface area contributed by atoms with Gasteiger partial charge in [0.15, 0.2) is 0 Å². The summed E-state index contributed by atoms with van der Waals surface area (Å²) in [4.78, 5) is 29.3. The van der Waals surface area contributed by atoms with Crippen LogP contribution in [0.3, 0.4) is 0 Å². The maximum absolute atomic E-state index is 13.6. The van der Waals surface area contributed by atoms with E-state index in [9.17, 15) is 4.79 Å². The molecule has 3 heterocycles. The highest BCUT2D eigenvalue weighted by atomic mass is 35.5. The van der Waals surface area contributed by atoms with E-state index in [0.29, 0.717) is 17.3 Å². The Morgan fingerprint density at radius 1 is 1.16 bits per heavy atom. The second-order valence-corrected chi connectivity index (χ2v) is 9.79. The van der Waals surface area contributed by atoms with Crippen LogP contribution in [0.25, 0.3) is 21.5 Å². The molecule has 1 atom stereocenters. The number of H-pyrrole nitrogens is 1. The number of carbonyl (C=O) groups excluding carboxylic acids is 1. The van der Waals surface area contributed by atoms with Gasteiger partial charge in [-0.3, -0.25) is 4.79 Å². The number of aromatic amines is 1. The molecule has 7 heteroatoms. The average molecular weight is 451 g/mol. The van der Waals surface area contributed by atoms with Crippen molar-refractivity contribution in [3.8, 4) is 10.4 Å². The Bertz CT molecular complexity index is 1270. The lowest BCUT2D eigenvalue weighted by Crippen LogP contribution is -2.31. The first-order chi connectivity index (χ1) is 14.9. The third-order valence-electron chi connectivity index (χ3n) is 5.97. The largest absolute Gasteiger partial charge is 0.340 e. The zero-order chi connectivity index (χ0) is 21.7. The standard InChI is InChI=1S/C24H23ClN4OS/c1-13-10-18-19(11-14(13)2)28-23(27-18)20-8-5-9-29(20)24(30)21-22(31-15(3)26-21)16-6-4-7-17(25)12-16/h4,6-7,10-12,20H,5,8-9H2,1-3H3,(H,27,28). The van der Waals surface area contributed by atoms with Gasteiger partial charge in [0.1, 0.15) is 11.5 Å². The van der Waals surface area contributed by atoms with Gasteiger partial charge in [0, 0.05) is 11.6 Å². The van der Waals surface area contributed by atoms with Gasteiger partial charge in [-0.1, -0.05) is 23.7 Å². The number of nitrogens with one attached hydrogen (secondary N) is 1. The van der Waals surface area contributed by atoms with E-state index >= 15 is 0 Å². The first-order valence-corrected chi connectivity index (χ1v) is 11.6. The number of aryl methyl sites for hydroxylation is 3. The lowest BCUT2D eigenvalue weighted by atomic mass is 10.1. The van der Waals surface area contributed by atoms with Gasteiger partial charge in [-0.2, -0.15) is 0 Å². The van der Waals surface area contributed by atoms with Gasteiger partial charge in [-0.25, -0.2) is 9.97 Å². The van der Waals surface area contributed by atoms with Gasteiger partial charge in [0.05, 0.1) is 27.0 Å². The topological polar surface area (TPSA) is 61.9 Å². The highest BCUT2D eigenvalue weighted by Gasteiger charge is 2.35. The molecule has 1 unspecified atom stereocenters. The predicted molar refractivity (Wildman–Crippen MR) is 126 cm³/mol. The van der Waals surface area contributed by atoms with Crippen molar-refractivity contribution in [3.63, 3.8) is 0 Å². The molecule has 0 aliphatic carbocycles. The third kappa shape index (κ3) is 3.64. The van der Waals surface area contributed by atoms with Crippen molar-refractivity contribution in [2.75, 3.05) is 6.54 Å². The van der Waals surface area contributed by atoms with E-state index in [4.69, 9.17) is 16.6 Å². The molecule has 158 valence electrons. The smallest absolute Gasteiger partial charge is 0.274 e. The number of nitrogens with zero attached hydrogens (tertiary/aromatic N) is 3. The van der Waals surface area contributed by atoms with Crippen molar-refractivity contribution >= 4 is 39.9 Å². The van der Waals surface area contributed by atoms with E-state index < -0.39 is 0 Å². The molecular formula is C24H23ClN4OS. The average Bonchev–Trinajstić information content (AvgIpc) is 3.45. The van der Waals surface area contributed by atoms with Gasteiger partial charge >= 0.3 is 0 Å². The number of carbonyl (C=O) groups is 1. The van der Waals surface area contributed by atoms with E-state index in [1.165, 1.54) is 22.5 Å². The summed E-state index contributed by atoms with van der Waals surface area (Å²) in [5.74, 6) is 0.803. The molecule has 1 aliphatic heterocycles. The molecule has 31 heavy (non-hydrogen) atoms. The number of likely N-dealkylation sites (tertiary alicyclic amines) is 1. The zero-order valence-electron chi connectivity index (χ0n) is 17.7. The molecule has 0 spiro atoms. The van der Waals surface area contributed by atoms with Crippen molar-refractivity contribution in [2.45, 2.75) is 39.7 Å². The number of aromatic nitrogens is 3. The van der Waals surface area contributed by atoms with Crippen LogP contribution in [-0.2, 0) is 0 Å². The summed E-state index contributed by atoms with van der Waals surface area (Å²) in [7, 11) is 0. The monoisotopic (exact) mass is 450 g/mol. The minimum Gasteiger partial charge on any atom is -0.340 e. The van der Waals surface area contributed by atoms with Crippen LogP contribution in [0.4, 0.5) is 0 Å². The lowest BCUT2D eigenvalue weighted by Gasteiger charge is -2.22. The SMILES string of the molecule is Cc1nc(C(=O)N2CCCC2c2nc3cc(C)c(C)cc3[nH]2)c(-c2cccc(Cl)c2)s1. The van der Waals surface area contributed by atoms with Crippen LogP contribution in [0, 0.1) is 20.8 Å². The Labute approximate surface area is 190 Å². The van der Waals surface area contributed by atoms with E-state index in [1.54, 1.807) is 0 Å². The summed E-state index contributed by atoms with van der Waals surface area (Å²) in [6.07, 6.45) is 1.83. The van der Waals surface area contributed by atoms with Crippen LogP contribution in [0.5, 0.6) is 0 Å². The molecule has 1 fully saturated rings. The number of benzene rings is 2. The number of hydrogen-bond donors (Lipinski definition) is 1. The summed E-state index contributed by atoms with van der Waals surface area (Å²) < 4.78 is 0. The Balaban J connectivity index is 1.51. The number of fused-ring (bicyclic) bond motifs is 1. The number of thiazole rings is 1. The fraction of sp³-hybridized carbons (Fsp3) is 0.292. The second-order valence-electron chi connectivity index (χ2n) is 8.15. The first kappa shape index (κ1) is 20.2. The molecular weight excluding hydrogens is 428 g/mol. The Kier molecular flexibility index (Phi) is 5.07. The molecule has 1 aliphatic rings. The molecule has 5 nitrogen and oxygen atoms in total. The molecule has 2 aromatic heterocycles. The van der Waals surface area contributed by atoms with E-state index in [-0.39, 0.29) is 11.9 Å². The predicted octanol–water partition coefficient (Wildman–Crippen LogP) is 6.24. The van der Waals surface area contributed by atoms with Gasteiger partial charge < -0.3 is 9.88 Å². The molecule has 5 rings (SSSR count). The summed E-state index contributed by atoms with van der Waals surface area (Å²) >= 11 is 7.73. The van der Waals surface area contributed by atoms with Gasteiger partial charge in [0.25, 0.3) is 5.91 Å². The highest BCUT2D eigenvalue weighted by molar-refractivity contribution is 7.15. The minimum atomic E-state index is -0.0743. The second kappa shape index (κ2) is 7.77. The van der Waals surface area contributed by atoms with Crippen LogP contribution in [0.1, 0.15) is 51.3 Å². The zero-order valence-corrected chi connectivity index (χ0v) is 19.3. The molecule has 1 N–H and O–H groups in total. The van der Waals surface area contributed by atoms with Crippen molar-refractivity contribution in [1.82, 2.24) is 19.9 Å². The Morgan fingerprint density at radius 2 is 1.97 bits per heavy atom. The van der Waals surface area contributed by atoms with Crippen LogP contribution < -0.4 is 0 Å².